The number of H-pyrrole nitrogens is 1. The van der Waals surface area contributed by atoms with E-state index >= 15 is 0 Å². The molecule has 8 nitrogen and oxygen atoms in total. The summed E-state index contributed by atoms with van der Waals surface area (Å²) in [6.07, 6.45) is 7.09. The van der Waals surface area contributed by atoms with Gasteiger partial charge in [-0.2, -0.15) is 0 Å². The summed E-state index contributed by atoms with van der Waals surface area (Å²) in [5.74, 6) is -0.382. The SMILES string of the molecule is Cc1cc(F)c2[nH]cc(-c3ncc(F)c(N[C@@H]4CCC[C@@H](NC(=O)c5ncoc5C)C4)n3)c2c1. The van der Waals surface area contributed by atoms with Crippen molar-refractivity contribution in [2.24, 2.45) is 0 Å². The van der Waals surface area contributed by atoms with E-state index in [9.17, 15) is 13.6 Å². The number of aromatic amines is 1. The van der Waals surface area contributed by atoms with Crippen LogP contribution in [0.3, 0.4) is 0 Å². The molecule has 10 heteroatoms. The summed E-state index contributed by atoms with van der Waals surface area (Å²) in [7, 11) is 0. The molecule has 3 N–H and O–H groups in total. The third-order valence-corrected chi connectivity index (χ3v) is 6.18. The fourth-order valence-corrected chi connectivity index (χ4v) is 4.53. The number of halogens is 2. The van der Waals surface area contributed by atoms with Crippen LogP contribution in [0.15, 0.2) is 35.3 Å². The van der Waals surface area contributed by atoms with Crippen molar-refractivity contribution >= 4 is 22.6 Å². The lowest BCUT2D eigenvalue weighted by Gasteiger charge is -2.30. The van der Waals surface area contributed by atoms with Gasteiger partial charge in [0.1, 0.15) is 11.6 Å². The highest BCUT2D eigenvalue weighted by Gasteiger charge is 2.26. The molecule has 1 aliphatic rings. The van der Waals surface area contributed by atoms with Crippen molar-refractivity contribution in [2.45, 2.75) is 51.6 Å². The maximum Gasteiger partial charge on any atom is 0.273 e. The molecule has 1 fully saturated rings. The molecule has 2 atom stereocenters. The molecular formula is C24H24F2N6O2. The molecule has 4 aromatic rings. The second kappa shape index (κ2) is 8.85. The number of hydrogen-bond acceptors (Lipinski definition) is 6. The second-order valence-electron chi connectivity index (χ2n) is 8.70. The Labute approximate surface area is 194 Å². The first-order valence-electron chi connectivity index (χ1n) is 11.2. The molecule has 0 radical (unpaired) electrons. The molecule has 176 valence electrons. The summed E-state index contributed by atoms with van der Waals surface area (Å²) in [6, 6.07) is 3.12. The lowest BCUT2D eigenvalue weighted by Crippen LogP contribution is -2.42. The van der Waals surface area contributed by atoms with E-state index in [1.54, 1.807) is 20.0 Å². The number of rotatable bonds is 5. The van der Waals surface area contributed by atoms with Crippen LogP contribution in [0.2, 0.25) is 0 Å². The quantitative estimate of drug-likeness (QED) is 0.395. The number of aromatic nitrogens is 4. The fraction of sp³-hybridized carbons (Fsp3) is 0.333. The van der Waals surface area contributed by atoms with Gasteiger partial charge in [0.15, 0.2) is 29.5 Å². The Hall–Kier alpha value is -3.82. The highest BCUT2D eigenvalue weighted by atomic mass is 19.1. The Kier molecular flexibility index (Phi) is 5.72. The van der Waals surface area contributed by atoms with Crippen molar-refractivity contribution in [1.29, 1.82) is 0 Å². The predicted molar refractivity (Wildman–Crippen MR) is 122 cm³/mol. The molecule has 0 unspecified atom stereocenters. The van der Waals surface area contributed by atoms with E-state index in [-0.39, 0.29) is 35.3 Å². The van der Waals surface area contributed by atoms with Gasteiger partial charge in [-0.25, -0.2) is 23.7 Å². The van der Waals surface area contributed by atoms with Gasteiger partial charge in [-0.15, -0.1) is 0 Å². The number of hydrogen-bond donors (Lipinski definition) is 3. The van der Waals surface area contributed by atoms with Gasteiger partial charge in [0.2, 0.25) is 0 Å². The van der Waals surface area contributed by atoms with Crippen molar-refractivity contribution in [1.82, 2.24) is 25.3 Å². The standard InChI is InChI=1S/C24H24F2N6O2/c1-12-6-16-17(9-27-21(16)18(25)7-12)22-28-10-19(26)23(32-22)30-14-4-3-5-15(8-14)31-24(33)20-13(2)34-11-29-20/h6-7,9-11,14-15,27H,3-5,8H2,1-2H3,(H,31,33)(H,28,30,32)/t14-,15-/m1/s1. The average Bonchev–Trinajstić information content (AvgIpc) is 3.42. The number of nitrogens with one attached hydrogen (secondary N) is 3. The summed E-state index contributed by atoms with van der Waals surface area (Å²) in [5, 5.41) is 6.80. The van der Waals surface area contributed by atoms with Crippen LogP contribution in [0.5, 0.6) is 0 Å². The van der Waals surface area contributed by atoms with Crippen LogP contribution in [0.4, 0.5) is 14.6 Å². The minimum atomic E-state index is -0.574. The number of anilines is 1. The summed E-state index contributed by atoms with van der Waals surface area (Å²) in [5.41, 5.74) is 1.99. The average molecular weight is 466 g/mol. The van der Waals surface area contributed by atoms with Gasteiger partial charge >= 0.3 is 0 Å². The Balaban J connectivity index is 1.33. The highest BCUT2D eigenvalue weighted by molar-refractivity contribution is 5.95. The topological polar surface area (TPSA) is 109 Å². The first-order valence-corrected chi connectivity index (χ1v) is 11.2. The zero-order valence-electron chi connectivity index (χ0n) is 18.8. The zero-order chi connectivity index (χ0) is 23.8. The van der Waals surface area contributed by atoms with Gasteiger partial charge in [0.25, 0.3) is 5.91 Å². The van der Waals surface area contributed by atoms with Crippen molar-refractivity contribution in [3.05, 3.63) is 59.6 Å². The Morgan fingerprint density at radius 1 is 1.15 bits per heavy atom. The molecule has 1 amide bonds. The van der Waals surface area contributed by atoms with Crippen molar-refractivity contribution in [3.8, 4) is 11.4 Å². The number of nitrogens with zero attached hydrogens (tertiary/aromatic N) is 3. The molecule has 1 saturated carbocycles. The van der Waals surface area contributed by atoms with E-state index in [0.29, 0.717) is 34.5 Å². The molecule has 0 bridgehead atoms. The molecule has 3 aromatic heterocycles. The van der Waals surface area contributed by atoms with E-state index in [0.717, 1.165) is 31.0 Å². The molecule has 34 heavy (non-hydrogen) atoms. The third-order valence-electron chi connectivity index (χ3n) is 6.18. The van der Waals surface area contributed by atoms with Crippen LogP contribution in [0.1, 0.15) is 47.5 Å². The van der Waals surface area contributed by atoms with Gasteiger partial charge in [-0.3, -0.25) is 4.79 Å². The van der Waals surface area contributed by atoms with Crippen LogP contribution in [0.25, 0.3) is 22.3 Å². The van der Waals surface area contributed by atoms with Gasteiger partial charge in [-0.05, 0) is 57.2 Å². The second-order valence-corrected chi connectivity index (χ2v) is 8.70. The third kappa shape index (κ3) is 4.23. The summed E-state index contributed by atoms with van der Waals surface area (Å²) >= 11 is 0. The minimum absolute atomic E-state index is 0.0804. The van der Waals surface area contributed by atoms with Crippen molar-refractivity contribution in [3.63, 3.8) is 0 Å². The van der Waals surface area contributed by atoms with Crippen LogP contribution in [-0.2, 0) is 0 Å². The van der Waals surface area contributed by atoms with Gasteiger partial charge < -0.3 is 20.0 Å². The molecule has 1 aliphatic carbocycles. The van der Waals surface area contributed by atoms with E-state index in [4.69, 9.17) is 4.42 Å². The van der Waals surface area contributed by atoms with E-state index in [1.165, 1.54) is 12.5 Å². The zero-order valence-corrected chi connectivity index (χ0v) is 18.8. The van der Waals surface area contributed by atoms with Crippen LogP contribution in [-0.4, -0.2) is 37.9 Å². The lowest BCUT2D eigenvalue weighted by molar-refractivity contribution is 0.0920. The Morgan fingerprint density at radius 2 is 1.97 bits per heavy atom. The minimum Gasteiger partial charge on any atom is -0.448 e. The smallest absolute Gasteiger partial charge is 0.273 e. The number of amides is 1. The molecule has 0 saturated heterocycles. The maximum atomic E-state index is 14.6. The van der Waals surface area contributed by atoms with E-state index in [1.807, 2.05) is 6.07 Å². The van der Waals surface area contributed by atoms with Crippen molar-refractivity contribution in [2.75, 3.05) is 5.32 Å². The highest BCUT2D eigenvalue weighted by Crippen LogP contribution is 2.30. The summed E-state index contributed by atoms with van der Waals surface area (Å²) in [6.45, 7) is 3.49. The van der Waals surface area contributed by atoms with Crippen LogP contribution in [0, 0.1) is 25.5 Å². The van der Waals surface area contributed by atoms with Crippen molar-refractivity contribution < 1.29 is 18.0 Å². The first kappa shape index (κ1) is 22.0. The van der Waals surface area contributed by atoms with Crippen LogP contribution < -0.4 is 10.6 Å². The lowest BCUT2D eigenvalue weighted by atomic mass is 9.91. The summed E-state index contributed by atoms with van der Waals surface area (Å²) in [4.78, 5) is 27.9. The normalized spacial score (nSPS) is 18.2. The Morgan fingerprint density at radius 3 is 2.76 bits per heavy atom. The fourth-order valence-electron chi connectivity index (χ4n) is 4.53. The Bertz CT molecular complexity index is 1370. The number of benzene rings is 1. The molecule has 0 aliphatic heterocycles. The van der Waals surface area contributed by atoms with E-state index < -0.39 is 5.82 Å². The first-order chi connectivity index (χ1) is 16.4. The number of carbonyl (C=O) groups excluding carboxylic acids is 1. The number of fused-ring (bicyclic) bond motifs is 1. The molecule has 5 rings (SSSR count). The van der Waals surface area contributed by atoms with Crippen LogP contribution >= 0.6 is 0 Å². The molecule has 1 aromatic carbocycles. The van der Waals surface area contributed by atoms with Gasteiger partial charge in [-0.1, -0.05) is 0 Å². The number of oxazole rings is 1. The van der Waals surface area contributed by atoms with E-state index in [2.05, 4.69) is 30.6 Å². The number of aryl methyl sites for hydroxylation is 2. The molecule has 3 heterocycles. The predicted octanol–water partition coefficient (Wildman–Crippen LogP) is 4.66. The maximum absolute atomic E-state index is 14.6. The molecule has 0 spiro atoms. The number of carbonyl (C=O) groups is 1. The summed E-state index contributed by atoms with van der Waals surface area (Å²) < 4.78 is 34.0. The van der Waals surface area contributed by atoms with Gasteiger partial charge in [0, 0.05) is 29.2 Å². The largest absolute Gasteiger partial charge is 0.448 e. The van der Waals surface area contributed by atoms with Gasteiger partial charge in [0.05, 0.1) is 11.7 Å². The molecular weight excluding hydrogens is 442 g/mol. The monoisotopic (exact) mass is 466 g/mol.